The summed E-state index contributed by atoms with van der Waals surface area (Å²) >= 11 is 1.63. The van der Waals surface area contributed by atoms with Crippen molar-refractivity contribution in [3.8, 4) is 22.0 Å². The Labute approximate surface area is 102 Å². The summed E-state index contributed by atoms with van der Waals surface area (Å²) in [5.74, 6) is 0.617. The van der Waals surface area contributed by atoms with E-state index in [0.717, 1.165) is 22.0 Å². The molecular formula is C13H9FN2S. The van der Waals surface area contributed by atoms with Gasteiger partial charge in [-0.3, -0.25) is 0 Å². The Hall–Kier alpha value is -1.94. The molecule has 0 saturated heterocycles. The van der Waals surface area contributed by atoms with Crippen LogP contribution in [-0.2, 0) is 0 Å². The number of nitrogens with one attached hydrogen (secondary N) is 1. The lowest BCUT2D eigenvalue weighted by molar-refractivity contribution is 0.628. The van der Waals surface area contributed by atoms with E-state index < -0.39 is 0 Å². The van der Waals surface area contributed by atoms with Crippen LogP contribution in [0.15, 0.2) is 48.0 Å². The van der Waals surface area contributed by atoms with E-state index in [1.54, 1.807) is 29.7 Å². The smallest absolute Gasteiger partial charge is 0.147 e. The summed E-state index contributed by atoms with van der Waals surface area (Å²) in [7, 11) is 0. The van der Waals surface area contributed by atoms with Gasteiger partial charge in [-0.05, 0) is 41.3 Å². The number of thiophene rings is 1. The lowest BCUT2D eigenvalue weighted by atomic mass is 10.2. The predicted octanol–water partition coefficient (Wildman–Crippen LogP) is 3.94. The van der Waals surface area contributed by atoms with E-state index in [0.29, 0.717) is 0 Å². The van der Waals surface area contributed by atoms with E-state index in [2.05, 4.69) is 9.97 Å². The molecule has 0 aliphatic carbocycles. The van der Waals surface area contributed by atoms with Crippen LogP contribution in [0.4, 0.5) is 4.39 Å². The fourth-order valence-corrected chi connectivity index (χ4v) is 2.31. The van der Waals surface area contributed by atoms with Crippen LogP contribution in [0, 0.1) is 5.82 Å². The molecule has 0 aliphatic heterocycles. The van der Waals surface area contributed by atoms with Crippen LogP contribution in [0.3, 0.4) is 0 Å². The minimum atomic E-state index is -0.230. The Balaban J connectivity index is 1.98. The molecule has 4 heteroatoms. The highest BCUT2D eigenvalue weighted by atomic mass is 32.1. The maximum atomic E-state index is 12.8. The molecule has 0 aliphatic rings. The minimum Gasteiger partial charge on any atom is -0.337 e. The summed E-state index contributed by atoms with van der Waals surface area (Å²) in [4.78, 5) is 8.64. The summed E-state index contributed by atoms with van der Waals surface area (Å²) in [5.41, 5.74) is 1.83. The molecule has 0 saturated carbocycles. The van der Waals surface area contributed by atoms with Crippen molar-refractivity contribution in [2.75, 3.05) is 0 Å². The molecule has 0 amide bonds. The molecule has 17 heavy (non-hydrogen) atoms. The Bertz CT molecular complexity index is 611. The molecule has 2 nitrogen and oxygen atoms in total. The number of nitrogens with zero attached hydrogens (tertiary/aromatic N) is 1. The van der Waals surface area contributed by atoms with Gasteiger partial charge >= 0.3 is 0 Å². The van der Waals surface area contributed by atoms with Gasteiger partial charge in [0.05, 0.1) is 16.8 Å². The Morgan fingerprint density at radius 3 is 2.65 bits per heavy atom. The molecule has 3 rings (SSSR count). The highest BCUT2D eigenvalue weighted by molar-refractivity contribution is 7.13. The third kappa shape index (κ3) is 1.99. The zero-order valence-corrected chi connectivity index (χ0v) is 9.67. The number of benzene rings is 1. The highest BCUT2D eigenvalue weighted by Gasteiger charge is 2.05. The fourth-order valence-electron chi connectivity index (χ4n) is 1.64. The molecule has 84 valence electrons. The molecule has 0 radical (unpaired) electrons. The van der Waals surface area contributed by atoms with Crippen molar-refractivity contribution in [2.24, 2.45) is 0 Å². The van der Waals surface area contributed by atoms with Crippen molar-refractivity contribution in [1.29, 1.82) is 0 Å². The molecule has 3 aromatic rings. The standard InChI is InChI=1S/C13H9FN2S/c14-10-5-3-9(4-6-10)11-8-15-13(16-11)12-2-1-7-17-12/h1-8H,(H,15,16). The van der Waals surface area contributed by atoms with E-state index >= 15 is 0 Å². The number of rotatable bonds is 2. The van der Waals surface area contributed by atoms with Gasteiger partial charge in [0, 0.05) is 0 Å². The zero-order valence-electron chi connectivity index (χ0n) is 8.85. The number of hydrogen-bond donors (Lipinski definition) is 1. The SMILES string of the molecule is Fc1ccc(-c2cnc(-c3cccs3)[nH]2)cc1. The van der Waals surface area contributed by atoms with E-state index in [4.69, 9.17) is 0 Å². The molecule has 0 atom stereocenters. The van der Waals surface area contributed by atoms with Crippen molar-refractivity contribution in [3.63, 3.8) is 0 Å². The van der Waals surface area contributed by atoms with Crippen LogP contribution < -0.4 is 0 Å². The number of H-pyrrole nitrogens is 1. The molecule has 0 fully saturated rings. The number of imidazole rings is 1. The second-order valence-corrected chi connectivity index (χ2v) is 4.58. The minimum absolute atomic E-state index is 0.230. The van der Waals surface area contributed by atoms with E-state index in [1.807, 2.05) is 17.5 Å². The topological polar surface area (TPSA) is 28.7 Å². The molecule has 2 heterocycles. The average molecular weight is 244 g/mol. The first-order chi connectivity index (χ1) is 8.33. The van der Waals surface area contributed by atoms with Crippen LogP contribution in [0.5, 0.6) is 0 Å². The Morgan fingerprint density at radius 1 is 1.12 bits per heavy atom. The quantitative estimate of drug-likeness (QED) is 0.726. The number of hydrogen-bond acceptors (Lipinski definition) is 2. The fraction of sp³-hybridized carbons (Fsp3) is 0. The molecule has 0 bridgehead atoms. The Morgan fingerprint density at radius 2 is 1.94 bits per heavy atom. The van der Waals surface area contributed by atoms with E-state index in [9.17, 15) is 4.39 Å². The van der Waals surface area contributed by atoms with Gasteiger partial charge < -0.3 is 4.98 Å². The molecule has 0 unspecified atom stereocenters. The monoisotopic (exact) mass is 244 g/mol. The molecule has 0 spiro atoms. The van der Waals surface area contributed by atoms with Crippen molar-refractivity contribution in [1.82, 2.24) is 9.97 Å². The van der Waals surface area contributed by atoms with Gasteiger partial charge in [-0.2, -0.15) is 0 Å². The van der Waals surface area contributed by atoms with Crippen molar-refractivity contribution in [2.45, 2.75) is 0 Å². The largest absolute Gasteiger partial charge is 0.337 e. The van der Waals surface area contributed by atoms with Crippen LogP contribution in [0.1, 0.15) is 0 Å². The first-order valence-electron chi connectivity index (χ1n) is 5.18. The lowest BCUT2D eigenvalue weighted by Crippen LogP contribution is -1.79. The van der Waals surface area contributed by atoms with Crippen molar-refractivity contribution >= 4 is 11.3 Å². The average Bonchev–Trinajstić information content (AvgIpc) is 3.00. The van der Waals surface area contributed by atoms with Gasteiger partial charge in [-0.25, -0.2) is 9.37 Å². The summed E-state index contributed by atoms with van der Waals surface area (Å²) in [6.45, 7) is 0. The zero-order chi connectivity index (χ0) is 11.7. The van der Waals surface area contributed by atoms with Crippen LogP contribution in [-0.4, -0.2) is 9.97 Å². The predicted molar refractivity (Wildman–Crippen MR) is 67.3 cm³/mol. The third-order valence-electron chi connectivity index (χ3n) is 2.49. The summed E-state index contributed by atoms with van der Waals surface area (Å²) < 4.78 is 12.8. The summed E-state index contributed by atoms with van der Waals surface area (Å²) in [5, 5.41) is 2.01. The third-order valence-corrected chi connectivity index (χ3v) is 3.36. The molecular weight excluding hydrogens is 235 g/mol. The second-order valence-electron chi connectivity index (χ2n) is 3.63. The van der Waals surface area contributed by atoms with Gasteiger partial charge in [0.1, 0.15) is 11.6 Å². The van der Waals surface area contributed by atoms with Crippen LogP contribution in [0.2, 0.25) is 0 Å². The molecule has 1 aromatic carbocycles. The normalized spacial score (nSPS) is 10.6. The van der Waals surface area contributed by atoms with Gasteiger partial charge in [0.15, 0.2) is 0 Å². The Kier molecular flexibility index (Phi) is 2.49. The van der Waals surface area contributed by atoms with Crippen molar-refractivity contribution in [3.05, 3.63) is 53.8 Å². The van der Waals surface area contributed by atoms with Gasteiger partial charge in [0.2, 0.25) is 0 Å². The number of halogens is 1. The molecule has 2 aromatic heterocycles. The van der Waals surface area contributed by atoms with E-state index in [-0.39, 0.29) is 5.82 Å². The first-order valence-corrected chi connectivity index (χ1v) is 6.06. The van der Waals surface area contributed by atoms with Gasteiger partial charge in [-0.15, -0.1) is 11.3 Å². The number of aromatic nitrogens is 2. The second kappa shape index (κ2) is 4.14. The van der Waals surface area contributed by atoms with Crippen molar-refractivity contribution < 1.29 is 4.39 Å². The lowest BCUT2D eigenvalue weighted by Gasteiger charge is -1.96. The van der Waals surface area contributed by atoms with Crippen LogP contribution >= 0.6 is 11.3 Å². The van der Waals surface area contributed by atoms with Crippen LogP contribution in [0.25, 0.3) is 22.0 Å². The van der Waals surface area contributed by atoms with Gasteiger partial charge in [-0.1, -0.05) is 6.07 Å². The maximum absolute atomic E-state index is 12.8. The van der Waals surface area contributed by atoms with E-state index in [1.165, 1.54) is 12.1 Å². The maximum Gasteiger partial charge on any atom is 0.147 e. The number of aromatic amines is 1. The highest BCUT2D eigenvalue weighted by Crippen LogP contribution is 2.25. The van der Waals surface area contributed by atoms with Gasteiger partial charge in [0.25, 0.3) is 0 Å². The summed E-state index contributed by atoms with van der Waals surface area (Å²) in [6, 6.07) is 10.4. The first kappa shape index (κ1) is 10.2. The summed E-state index contributed by atoms with van der Waals surface area (Å²) in [6.07, 6.45) is 1.77. The molecule has 1 N–H and O–H groups in total.